The first-order chi connectivity index (χ1) is 36.9. The Morgan fingerprint density at radius 2 is 1.27 bits per heavy atom. The highest BCUT2D eigenvalue weighted by atomic mass is 16.2. The number of aromatic amines is 1. The lowest BCUT2D eigenvalue weighted by Crippen LogP contribution is -2.61. The number of carbonyl (C=O) groups excluding carboxylic acids is 9. The van der Waals surface area contributed by atoms with E-state index in [-0.39, 0.29) is 95.5 Å². The normalized spacial score (nSPS) is 21.8. The van der Waals surface area contributed by atoms with Crippen LogP contribution in [-0.4, -0.2) is 145 Å². The predicted molar refractivity (Wildman–Crippen MR) is 287 cm³/mol. The van der Waals surface area contributed by atoms with E-state index >= 15 is 0 Å². The third-order valence-corrected chi connectivity index (χ3v) is 12.8. The SMILES string of the molecule is CC(=O)N[C@@H](CCCN=C(N)N)C(=O)N[C@H]1CC(=O)NCCCC[C@@H](C(=O)NC2CC2)NC(=O)[C@H](Cc2c[nH]c3ccccc23)NC(=O)[C@H](CCCN=C(N)N)NC(=O)C(Cc2ccccc2)NC(=O)[C@H](CCN)NC1=O. The van der Waals surface area contributed by atoms with Gasteiger partial charge in [0.15, 0.2) is 11.9 Å². The second kappa shape index (κ2) is 30.3. The van der Waals surface area contributed by atoms with Crippen LogP contribution in [0.25, 0.3) is 10.9 Å². The Morgan fingerprint density at radius 3 is 1.94 bits per heavy atom. The minimum absolute atomic E-state index is 0.0328. The van der Waals surface area contributed by atoms with Gasteiger partial charge < -0.3 is 81.5 Å². The number of nitrogens with two attached hydrogens (primary N) is 5. The van der Waals surface area contributed by atoms with Crippen LogP contribution in [0.4, 0.5) is 0 Å². The molecule has 0 bridgehead atoms. The molecule has 26 heteroatoms. The molecule has 0 spiro atoms. The first-order valence-corrected chi connectivity index (χ1v) is 26.0. The minimum atomic E-state index is -1.62. The number of hydrogen-bond donors (Lipinski definition) is 15. The molecule has 1 unspecified atom stereocenters. The highest BCUT2D eigenvalue weighted by Gasteiger charge is 2.36. The van der Waals surface area contributed by atoms with Crippen LogP contribution in [-0.2, 0) is 56.0 Å². The van der Waals surface area contributed by atoms with E-state index in [2.05, 4.69) is 62.8 Å². The van der Waals surface area contributed by atoms with E-state index in [0.717, 1.165) is 23.7 Å². The van der Waals surface area contributed by atoms with Gasteiger partial charge in [0.2, 0.25) is 53.2 Å². The lowest BCUT2D eigenvalue weighted by atomic mass is 10.0. The predicted octanol–water partition coefficient (Wildman–Crippen LogP) is -3.21. The van der Waals surface area contributed by atoms with E-state index in [9.17, 15) is 43.2 Å². The van der Waals surface area contributed by atoms with E-state index < -0.39 is 102 Å². The number of benzene rings is 2. The average Bonchev–Trinajstić information content (AvgIpc) is 4.12. The highest BCUT2D eigenvalue weighted by molar-refractivity contribution is 5.99. The van der Waals surface area contributed by atoms with Gasteiger partial charge in [0.05, 0.1) is 6.42 Å². The molecule has 20 N–H and O–H groups in total. The molecule has 1 saturated carbocycles. The zero-order valence-corrected chi connectivity index (χ0v) is 43.4. The number of rotatable bonds is 19. The molecule has 1 aliphatic carbocycles. The van der Waals surface area contributed by atoms with Crippen LogP contribution in [0.5, 0.6) is 0 Å². The summed E-state index contributed by atoms with van der Waals surface area (Å²) in [6.45, 7) is 1.30. The van der Waals surface area contributed by atoms with Crippen molar-refractivity contribution in [3.05, 3.63) is 71.9 Å². The Labute approximate surface area is 446 Å². The standard InChI is InChI=1S/C51H75N17O9/c1-29(69)61-35(16-9-23-58-50(53)54)44(72)68-41-27-42(70)57-22-8-7-15-36(43(71)62-32-18-19-32)63-48(76)40(26-31-28-60-34-14-6-5-13-33(31)34)67-45(73)37(17-10-24-59-51(55)56)64-47(75)39(25-30-11-3-2-4-12-30)66-46(74)38(20-21-52)65-49(41)77/h2-6,11-14,28,32,35-41,60H,7-10,15-27,52H2,1H3,(H,57,70)(H,61,69)(H,62,71)(H,63,76)(H,64,75)(H,65,77)(H,66,74)(H,67,73)(H,68,72)(H4,53,54,58)(H4,55,56,59)/t35-,36-,37-,38-,39?,40-,41-/m0/s1. The lowest BCUT2D eigenvalue weighted by molar-refractivity contribution is -0.136. The first kappa shape index (κ1) is 59.6. The van der Waals surface area contributed by atoms with Crippen LogP contribution in [0.1, 0.15) is 88.7 Å². The Balaban J connectivity index is 1.53. The molecule has 1 saturated heterocycles. The number of H-pyrrole nitrogens is 1. The molecule has 418 valence electrons. The number of para-hydroxylation sites is 1. The maximum Gasteiger partial charge on any atom is 0.243 e. The number of aromatic nitrogens is 1. The number of amides is 9. The van der Waals surface area contributed by atoms with Crippen LogP contribution >= 0.6 is 0 Å². The van der Waals surface area contributed by atoms with Gasteiger partial charge in [-0.1, -0.05) is 48.5 Å². The summed E-state index contributed by atoms with van der Waals surface area (Å²) in [5, 5.41) is 25.4. The number of carbonyl (C=O) groups is 9. The highest BCUT2D eigenvalue weighted by Crippen LogP contribution is 2.21. The van der Waals surface area contributed by atoms with E-state index in [4.69, 9.17) is 28.7 Å². The molecule has 0 radical (unpaired) electrons. The number of guanidine groups is 2. The summed E-state index contributed by atoms with van der Waals surface area (Å²) in [6, 6.07) is 6.68. The summed E-state index contributed by atoms with van der Waals surface area (Å²) in [6.07, 6.45) is 3.49. The zero-order valence-electron chi connectivity index (χ0n) is 43.4. The molecule has 2 heterocycles. The fraction of sp³-hybridized carbons (Fsp3) is 0.510. The van der Waals surface area contributed by atoms with Gasteiger partial charge in [-0.05, 0) is 87.9 Å². The quantitative estimate of drug-likeness (QED) is 0.0320. The van der Waals surface area contributed by atoms with Gasteiger partial charge in [-0.25, -0.2) is 0 Å². The average molecular weight is 1070 g/mol. The van der Waals surface area contributed by atoms with Crippen molar-refractivity contribution in [1.29, 1.82) is 0 Å². The van der Waals surface area contributed by atoms with Crippen LogP contribution in [0, 0.1) is 0 Å². The minimum Gasteiger partial charge on any atom is -0.370 e. The summed E-state index contributed by atoms with van der Waals surface area (Å²) >= 11 is 0. The number of nitrogens with one attached hydrogen (secondary N) is 10. The molecule has 2 aliphatic rings. The maximum absolute atomic E-state index is 14.7. The number of nitrogens with zero attached hydrogens (tertiary/aromatic N) is 2. The van der Waals surface area contributed by atoms with Crippen LogP contribution in [0.3, 0.4) is 0 Å². The van der Waals surface area contributed by atoms with Gasteiger partial charge in [0.25, 0.3) is 0 Å². The molecule has 77 heavy (non-hydrogen) atoms. The first-order valence-electron chi connectivity index (χ1n) is 26.0. The van der Waals surface area contributed by atoms with Crippen LogP contribution in [0.15, 0.2) is 70.8 Å². The Hall–Kier alpha value is -8.29. The van der Waals surface area contributed by atoms with Crippen molar-refractivity contribution >= 4 is 76.0 Å². The molecular weight excluding hydrogens is 995 g/mol. The van der Waals surface area contributed by atoms with Crippen molar-refractivity contribution in [2.75, 3.05) is 26.2 Å². The van der Waals surface area contributed by atoms with Crippen molar-refractivity contribution in [2.24, 2.45) is 38.7 Å². The fourth-order valence-electron chi connectivity index (χ4n) is 8.61. The molecule has 26 nitrogen and oxygen atoms in total. The molecule has 5 rings (SSSR count). The van der Waals surface area contributed by atoms with Crippen LogP contribution in [0.2, 0.25) is 0 Å². The van der Waals surface area contributed by atoms with Crippen molar-refractivity contribution in [2.45, 2.75) is 139 Å². The molecule has 2 aromatic carbocycles. The van der Waals surface area contributed by atoms with Crippen molar-refractivity contribution in [1.82, 2.24) is 52.8 Å². The molecule has 7 atom stereocenters. The van der Waals surface area contributed by atoms with Crippen LogP contribution < -0.4 is 76.5 Å². The molecule has 1 aromatic heterocycles. The third kappa shape index (κ3) is 20.4. The van der Waals surface area contributed by atoms with Gasteiger partial charge in [0.1, 0.15) is 42.3 Å². The smallest absolute Gasteiger partial charge is 0.243 e. The maximum atomic E-state index is 14.7. The van der Waals surface area contributed by atoms with Gasteiger partial charge >= 0.3 is 0 Å². The molecule has 1 aliphatic heterocycles. The van der Waals surface area contributed by atoms with Crippen molar-refractivity contribution in [3.63, 3.8) is 0 Å². The topological polar surface area (TPSA) is 433 Å². The molecule has 3 aromatic rings. The number of hydrogen-bond acceptors (Lipinski definition) is 12. The lowest BCUT2D eigenvalue weighted by Gasteiger charge is -2.28. The zero-order chi connectivity index (χ0) is 55.9. The summed E-state index contributed by atoms with van der Waals surface area (Å²) < 4.78 is 0. The Kier molecular flexibility index (Phi) is 23.5. The van der Waals surface area contributed by atoms with Gasteiger partial charge in [-0.15, -0.1) is 0 Å². The summed E-state index contributed by atoms with van der Waals surface area (Å²) in [5.74, 6) is -6.97. The molecule has 2 fully saturated rings. The summed E-state index contributed by atoms with van der Waals surface area (Å²) in [7, 11) is 0. The second-order valence-electron chi connectivity index (χ2n) is 19.2. The monoisotopic (exact) mass is 1070 g/mol. The van der Waals surface area contributed by atoms with Gasteiger partial charge in [-0.3, -0.25) is 53.1 Å². The van der Waals surface area contributed by atoms with E-state index in [0.29, 0.717) is 24.0 Å². The van der Waals surface area contributed by atoms with Gasteiger partial charge in [-0.2, -0.15) is 0 Å². The molecular formula is C51H75N17O9. The third-order valence-electron chi connectivity index (χ3n) is 12.8. The Bertz CT molecular complexity index is 2580. The van der Waals surface area contributed by atoms with Crippen molar-refractivity contribution < 1.29 is 43.2 Å². The van der Waals surface area contributed by atoms with E-state index in [1.54, 1.807) is 36.5 Å². The van der Waals surface area contributed by atoms with Crippen molar-refractivity contribution in [3.8, 4) is 0 Å². The number of fused-ring (bicyclic) bond motifs is 1. The summed E-state index contributed by atoms with van der Waals surface area (Å²) in [4.78, 5) is 137. The number of aliphatic imine (C=N–C) groups is 2. The summed E-state index contributed by atoms with van der Waals surface area (Å²) in [5.41, 5.74) is 30.1. The van der Waals surface area contributed by atoms with Gasteiger partial charge in [0, 0.05) is 62.5 Å². The Morgan fingerprint density at radius 1 is 0.675 bits per heavy atom. The fourth-order valence-corrected chi connectivity index (χ4v) is 8.61. The second-order valence-corrected chi connectivity index (χ2v) is 19.2. The van der Waals surface area contributed by atoms with E-state index in [1.165, 1.54) is 6.92 Å². The largest absolute Gasteiger partial charge is 0.370 e. The molecule has 9 amide bonds. The van der Waals surface area contributed by atoms with E-state index in [1.807, 2.05) is 24.3 Å².